The van der Waals surface area contributed by atoms with E-state index in [1.54, 1.807) is 12.1 Å². The largest absolute Gasteiger partial charge is 0.387 e. The number of nitrogens with two attached hydrogens (primary N) is 1. The molecule has 1 aromatic carbocycles. The summed E-state index contributed by atoms with van der Waals surface area (Å²) >= 11 is 0. The number of hydrogen-bond acceptors (Lipinski definition) is 5. The predicted molar refractivity (Wildman–Crippen MR) is 101 cm³/mol. The van der Waals surface area contributed by atoms with Gasteiger partial charge in [-0.05, 0) is 31.1 Å². The van der Waals surface area contributed by atoms with Gasteiger partial charge in [-0.3, -0.25) is 4.79 Å². The molecule has 1 amide bonds. The number of fused-ring (bicyclic) bond motifs is 1. The third-order valence-corrected chi connectivity index (χ3v) is 5.05. The molecule has 1 aromatic rings. The van der Waals surface area contributed by atoms with Crippen LogP contribution in [-0.4, -0.2) is 44.4 Å². The highest BCUT2D eigenvalue weighted by molar-refractivity contribution is 7.90. The molecular weight excluding hydrogens is 338 g/mol. The minimum absolute atomic E-state index is 0.0399. The van der Waals surface area contributed by atoms with Crippen molar-refractivity contribution in [1.29, 1.82) is 0 Å². The molecule has 1 heterocycles. The number of hydrogen-bond donors (Lipinski definition) is 1. The maximum Gasteiger partial charge on any atom is 0.250 e. The Labute approximate surface area is 149 Å². The molecule has 0 radical (unpaired) electrons. The first kappa shape index (κ1) is 19.2. The minimum atomic E-state index is -3.33. The number of amidine groups is 1. The molecule has 0 aromatic heterocycles. The summed E-state index contributed by atoms with van der Waals surface area (Å²) in [6.45, 7) is 5.46. The first-order chi connectivity index (χ1) is 11.8. The molecule has 25 heavy (non-hydrogen) atoms. The number of carbonyl (C=O) groups is 1. The fraction of sp³-hybridized carbons (Fsp3) is 0.444. The van der Waals surface area contributed by atoms with Gasteiger partial charge in [0.1, 0.15) is 5.84 Å². The van der Waals surface area contributed by atoms with Crippen molar-refractivity contribution in [2.45, 2.75) is 38.0 Å². The number of nitrogens with zero attached hydrogens (tertiary/aromatic N) is 2. The fourth-order valence-electron chi connectivity index (χ4n) is 2.80. The SMILES string of the molecule is CCCN(CCC)C(=O)C1=Cc2ccc(S(C)(=O)=O)cc2N=C(N)C1. The number of benzene rings is 1. The highest BCUT2D eigenvalue weighted by Crippen LogP contribution is 2.29. The Morgan fingerprint density at radius 3 is 2.44 bits per heavy atom. The van der Waals surface area contributed by atoms with Crippen molar-refractivity contribution < 1.29 is 13.2 Å². The van der Waals surface area contributed by atoms with Crippen LogP contribution in [0.5, 0.6) is 0 Å². The van der Waals surface area contributed by atoms with Gasteiger partial charge in [-0.15, -0.1) is 0 Å². The zero-order valence-corrected chi connectivity index (χ0v) is 15.8. The van der Waals surface area contributed by atoms with E-state index in [0.717, 1.165) is 19.1 Å². The van der Waals surface area contributed by atoms with E-state index >= 15 is 0 Å². The summed E-state index contributed by atoms with van der Waals surface area (Å²) in [6, 6.07) is 4.70. The van der Waals surface area contributed by atoms with Crippen molar-refractivity contribution in [1.82, 2.24) is 4.90 Å². The molecule has 0 fully saturated rings. The van der Waals surface area contributed by atoms with Gasteiger partial charge >= 0.3 is 0 Å². The summed E-state index contributed by atoms with van der Waals surface area (Å²) in [5.74, 6) is 0.263. The summed E-state index contributed by atoms with van der Waals surface area (Å²) in [5, 5.41) is 0. The third-order valence-electron chi connectivity index (χ3n) is 3.94. The highest BCUT2D eigenvalue weighted by atomic mass is 32.2. The van der Waals surface area contributed by atoms with Gasteiger partial charge in [-0.25, -0.2) is 13.4 Å². The van der Waals surface area contributed by atoms with Crippen LogP contribution in [0.4, 0.5) is 5.69 Å². The molecular formula is C18H25N3O3S. The molecule has 6 nitrogen and oxygen atoms in total. The third kappa shape index (κ3) is 4.69. The van der Waals surface area contributed by atoms with Gasteiger partial charge in [0.2, 0.25) is 5.91 Å². The maximum atomic E-state index is 12.9. The van der Waals surface area contributed by atoms with Crippen LogP contribution in [0.15, 0.2) is 33.7 Å². The zero-order valence-electron chi connectivity index (χ0n) is 14.9. The van der Waals surface area contributed by atoms with E-state index in [9.17, 15) is 13.2 Å². The standard InChI is InChI=1S/C18H25N3O3S/c1-4-8-21(9-5-2)18(22)14-10-13-6-7-15(25(3,23)24)12-16(13)20-17(19)11-14/h6-7,10,12H,4-5,8-9,11H2,1-3H3,(H2,19,20). The number of aliphatic imine (C=N–C) groups is 1. The quantitative estimate of drug-likeness (QED) is 0.840. The van der Waals surface area contributed by atoms with Gasteiger partial charge in [0.05, 0.1) is 10.6 Å². The number of rotatable bonds is 6. The Kier molecular flexibility index (Phi) is 6.00. The van der Waals surface area contributed by atoms with Crippen LogP contribution >= 0.6 is 0 Å². The van der Waals surface area contributed by atoms with Crippen molar-refractivity contribution in [3.8, 4) is 0 Å². The van der Waals surface area contributed by atoms with Crippen molar-refractivity contribution in [3.63, 3.8) is 0 Å². The molecule has 0 aliphatic carbocycles. The normalized spacial score (nSPS) is 14.2. The number of carbonyl (C=O) groups excluding carboxylic acids is 1. The Balaban J connectivity index is 2.45. The van der Waals surface area contributed by atoms with Crippen LogP contribution in [0.25, 0.3) is 6.08 Å². The van der Waals surface area contributed by atoms with Crippen LogP contribution in [0.3, 0.4) is 0 Å². The first-order valence-corrected chi connectivity index (χ1v) is 10.3. The van der Waals surface area contributed by atoms with E-state index in [2.05, 4.69) is 4.99 Å². The molecule has 2 N–H and O–H groups in total. The van der Waals surface area contributed by atoms with E-state index < -0.39 is 9.84 Å². The van der Waals surface area contributed by atoms with Crippen LogP contribution in [0.1, 0.15) is 38.7 Å². The van der Waals surface area contributed by atoms with E-state index in [0.29, 0.717) is 35.7 Å². The Bertz CT molecular complexity index is 820. The molecule has 2 rings (SSSR count). The number of amides is 1. The molecule has 0 spiro atoms. The van der Waals surface area contributed by atoms with Crippen molar-refractivity contribution in [3.05, 3.63) is 29.3 Å². The molecule has 7 heteroatoms. The minimum Gasteiger partial charge on any atom is -0.387 e. The second kappa shape index (κ2) is 7.82. The Morgan fingerprint density at radius 2 is 1.88 bits per heavy atom. The molecule has 0 saturated heterocycles. The average Bonchev–Trinajstić information content (AvgIpc) is 2.70. The molecule has 0 saturated carbocycles. The Hall–Kier alpha value is -2.15. The second-order valence-electron chi connectivity index (χ2n) is 6.23. The van der Waals surface area contributed by atoms with Gasteiger partial charge < -0.3 is 10.6 Å². The van der Waals surface area contributed by atoms with Gasteiger partial charge in [0.15, 0.2) is 9.84 Å². The number of sulfone groups is 1. The highest BCUT2D eigenvalue weighted by Gasteiger charge is 2.21. The molecule has 136 valence electrons. The van der Waals surface area contributed by atoms with E-state index in [1.807, 2.05) is 18.7 Å². The lowest BCUT2D eigenvalue weighted by atomic mass is 10.1. The summed E-state index contributed by atoms with van der Waals surface area (Å²) in [6.07, 6.45) is 4.95. The van der Waals surface area contributed by atoms with Gasteiger partial charge in [-0.2, -0.15) is 0 Å². The van der Waals surface area contributed by atoms with Gasteiger partial charge in [0.25, 0.3) is 0 Å². The van der Waals surface area contributed by atoms with Crippen molar-refractivity contribution >= 4 is 33.3 Å². The van der Waals surface area contributed by atoms with Gasteiger partial charge in [-0.1, -0.05) is 19.9 Å². The van der Waals surface area contributed by atoms with Crippen LogP contribution < -0.4 is 5.73 Å². The van der Waals surface area contributed by atoms with E-state index in [1.165, 1.54) is 12.1 Å². The zero-order chi connectivity index (χ0) is 18.6. The predicted octanol–water partition coefficient (Wildman–Crippen LogP) is 2.51. The lowest BCUT2D eigenvalue weighted by Gasteiger charge is -2.22. The van der Waals surface area contributed by atoms with Crippen LogP contribution in [0.2, 0.25) is 0 Å². The summed E-state index contributed by atoms with van der Waals surface area (Å²) in [7, 11) is -3.33. The molecule has 1 aliphatic heterocycles. The summed E-state index contributed by atoms with van der Waals surface area (Å²) in [4.78, 5) is 19.2. The molecule has 0 bridgehead atoms. The topological polar surface area (TPSA) is 92.8 Å². The monoisotopic (exact) mass is 363 g/mol. The molecule has 0 atom stereocenters. The molecule has 0 unspecified atom stereocenters. The smallest absolute Gasteiger partial charge is 0.250 e. The summed E-state index contributed by atoms with van der Waals surface area (Å²) in [5.41, 5.74) is 7.72. The lowest BCUT2D eigenvalue weighted by molar-refractivity contribution is -0.127. The van der Waals surface area contributed by atoms with Crippen LogP contribution in [0, 0.1) is 0 Å². The van der Waals surface area contributed by atoms with E-state index in [-0.39, 0.29) is 17.2 Å². The van der Waals surface area contributed by atoms with Gasteiger partial charge in [0, 0.05) is 36.9 Å². The van der Waals surface area contributed by atoms with E-state index in [4.69, 9.17) is 5.73 Å². The maximum absolute atomic E-state index is 12.9. The van der Waals surface area contributed by atoms with Crippen molar-refractivity contribution in [2.75, 3.05) is 19.3 Å². The summed E-state index contributed by atoms with van der Waals surface area (Å²) < 4.78 is 23.5. The Morgan fingerprint density at radius 1 is 1.24 bits per heavy atom. The first-order valence-electron chi connectivity index (χ1n) is 8.43. The lowest BCUT2D eigenvalue weighted by Crippen LogP contribution is -2.34. The van der Waals surface area contributed by atoms with Crippen LogP contribution in [-0.2, 0) is 14.6 Å². The average molecular weight is 363 g/mol. The fourth-order valence-corrected chi connectivity index (χ4v) is 3.44. The molecule has 1 aliphatic rings. The second-order valence-corrected chi connectivity index (χ2v) is 8.25. The van der Waals surface area contributed by atoms with Crippen molar-refractivity contribution in [2.24, 2.45) is 10.7 Å².